The van der Waals surface area contributed by atoms with Gasteiger partial charge >= 0.3 is 11.9 Å². The lowest BCUT2D eigenvalue weighted by molar-refractivity contribution is -0.145. The Morgan fingerprint density at radius 3 is 1.39 bits per heavy atom. The van der Waals surface area contributed by atoms with E-state index in [0.29, 0.717) is 0 Å². The maximum Gasteiger partial charge on any atom is 0.331 e. The summed E-state index contributed by atoms with van der Waals surface area (Å²) >= 11 is 0. The lowest BCUT2D eigenvalue weighted by Gasteiger charge is -2.09. The van der Waals surface area contributed by atoms with Gasteiger partial charge in [-0.1, -0.05) is 0 Å². The Kier molecular flexibility index (Phi) is 4.79. The van der Waals surface area contributed by atoms with Gasteiger partial charge in [-0.05, 0) is 51.4 Å². The molecule has 0 aliphatic heterocycles. The summed E-state index contributed by atoms with van der Waals surface area (Å²) in [5.74, 6) is -0.879. The fourth-order valence-electron chi connectivity index (χ4n) is 2.56. The van der Waals surface area contributed by atoms with E-state index >= 15 is 0 Å². The molecule has 2 aliphatic carbocycles. The third-order valence-corrected chi connectivity index (χ3v) is 3.53. The second-order valence-electron chi connectivity index (χ2n) is 5.02. The van der Waals surface area contributed by atoms with E-state index in [1.165, 1.54) is 12.2 Å². The Morgan fingerprint density at radius 1 is 0.722 bits per heavy atom. The molecule has 0 amide bonds. The maximum atomic E-state index is 11.4. The molecule has 0 heterocycles. The van der Waals surface area contributed by atoms with Crippen LogP contribution in [0, 0.1) is 0 Å². The number of esters is 2. The molecule has 0 bridgehead atoms. The predicted molar refractivity (Wildman–Crippen MR) is 65.8 cm³/mol. The lowest BCUT2D eigenvalue weighted by Crippen LogP contribution is -2.15. The molecule has 18 heavy (non-hydrogen) atoms. The van der Waals surface area contributed by atoms with Crippen molar-refractivity contribution in [1.82, 2.24) is 0 Å². The van der Waals surface area contributed by atoms with Gasteiger partial charge < -0.3 is 9.47 Å². The maximum absolute atomic E-state index is 11.4. The zero-order valence-electron chi connectivity index (χ0n) is 10.6. The van der Waals surface area contributed by atoms with Gasteiger partial charge in [0.05, 0.1) is 0 Å². The number of rotatable bonds is 4. The Labute approximate surface area is 107 Å². The van der Waals surface area contributed by atoms with E-state index in [9.17, 15) is 9.59 Å². The first-order valence-electron chi connectivity index (χ1n) is 6.83. The second kappa shape index (κ2) is 6.57. The van der Waals surface area contributed by atoms with Crippen molar-refractivity contribution in [1.29, 1.82) is 0 Å². The van der Waals surface area contributed by atoms with E-state index in [1.54, 1.807) is 0 Å². The van der Waals surface area contributed by atoms with Gasteiger partial charge in [-0.3, -0.25) is 0 Å². The van der Waals surface area contributed by atoms with Crippen molar-refractivity contribution >= 4 is 11.9 Å². The van der Waals surface area contributed by atoms with Crippen molar-refractivity contribution in [3.63, 3.8) is 0 Å². The quantitative estimate of drug-likeness (QED) is 0.570. The molecule has 100 valence electrons. The van der Waals surface area contributed by atoms with Crippen LogP contribution in [-0.2, 0) is 19.1 Å². The molecule has 0 saturated heterocycles. The van der Waals surface area contributed by atoms with E-state index < -0.39 is 11.9 Å². The minimum atomic E-state index is -0.440. The predicted octanol–water partition coefficient (Wildman–Crippen LogP) is 2.51. The largest absolute Gasteiger partial charge is 0.459 e. The Morgan fingerprint density at radius 2 is 1.06 bits per heavy atom. The number of hydrogen-bond acceptors (Lipinski definition) is 4. The van der Waals surface area contributed by atoms with Crippen molar-refractivity contribution < 1.29 is 19.1 Å². The molecular weight excluding hydrogens is 232 g/mol. The molecule has 0 aromatic rings. The van der Waals surface area contributed by atoms with E-state index in [4.69, 9.17) is 9.47 Å². The van der Waals surface area contributed by atoms with Crippen LogP contribution in [0.4, 0.5) is 0 Å². The third kappa shape index (κ3) is 4.17. The number of hydrogen-bond donors (Lipinski definition) is 0. The van der Waals surface area contributed by atoms with Crippen molar-refractivity contribution in [3.8, 4) is 0 Å². The number of carbonyl (C=O) groups is 2. The van der Waals surface area contributed by atoms with Crippen LogP contribution in [0.1, 0.15) is 51.4 Å². The molecule has 0 aromatic heterocycles. The molecule has 2 rings (SSSR count). The van der Waals surface area contributed by atoms with Gasteiger partial charge in [0.1, 0.15) is 12.2 Å². The molecule has 0 aromatic carbocycles. The van der Waals surface area contributed by atoms with Crippen molar-refractivity contribution in [2.75, 3.05) is 0 Å². The van der Waals surface area contributed by atoms with E-state index in [2.05, 4.69) is 0 Å². The number of ether oxygens (including phenoxy) is 2. The van der Waals surface area contributed by atoms with Crippen LogP contribution >= 0.6 is 0 Å². The van der Waals surface area contributed by atoms with E-state index in [1.807, 2.05) is 0 Å². The van der Waals surface area contributed by atoms with Crippen molar-refractivity contribution in [2.24, 2.45) is 0 Å². The standard InChI is InChI=1S/C14H20O4/c15-13(17-11-5-1-2-6-11)9-10-14(16)18-12-7-3-4-8-12/h9-12H,1-8H2/b10-9-. The summed E-state index contributed by atoms with van der Waals surface area (Å²) in [6.45, 7) is 0. The Bertz CT molecular complexity index is 291. The summed E-state index contributed by atoms with van der Waals surface area (Å²) in [6.07, 6.45) is 10.6. The fourth-order valence-corrected chi connectivity index (χ4v) is 2.56. The van der Waals surface area contributed by atoms with E-state index in [-0.39, 0.29) is 12.2 Å². The second-order valence-corrected chi connectivity index (χ2v) is 5.02. The molecule has 0 atom stereocenters. The summed E-state index contributed by atoms with van der Waals surface area (Å²) < 4.78 is 10.4. The molecule has 2 aliphatic rings. The SMILES string of the molecule is O=C(/C=C\C(=O)OC1CCCC1)OC1CCCC1. The molecule has 4 nitrogen and oxygen atoms in total. The molecule has 2 saturated carbocycles. The van der Waals surface area contributed by atoms with Crippen LogP contribution in [0.2, 0.25) is 0 Å². The van der Waals surface area contributed by atoms with Crippen LogP contribution in [0.15, 0.2) is 12.2 Å². The first kappa shape index (κ1) is 13.1. The summed E-state index contributed by atoms with van der Waals surface area (Å²) in [5.41, 5.74) is 0. The van der Waals surface area contributed by atoms with E-state index in [0.717, 1.165) is 51.4 Å². The van der Waals surface area contributed by atoms with Crippen LogP contribution in [-0.4, -0.2) is 24.1 Å². The van der Waals surface area contributed by atoms with Gasteiger partial charge in [-0.25, -0.2) is 9.59 Å². The zero-order valence-corrected chi connectivity index (χ0v) is 10.6. The van der Waals surface area contributed by atoms with Gasteiger partial charge in [0.25, 0.3) is 0 Å². The van der Waals surface area contributed by atoms with Crippen LogP contribution in [0.5, 0.6) is 0 Å². The average Bonchev–Trinajstić information content (AvgIpc) is 2.99. The molecule has 0 spiro atoms. The molecule has 4 heteroatoms. The molecule has 0 unspecified atom stereocenters. The molecular formula is C14H20O4. The van der Waals surface area contributed by atoms with Gasteiger partial charge in [0.2, 0.25) is 0 Å². The molecule has 2 fully saturated rings. The highest BCUT2D eigenvalue weighted by molar-refractivity contribution is 5.91. The normalized spacial score (nSPS) is 21.6. The van der Waals surface area contributed by atoms with Gasteiger partial charge in [-0.2, -0.15) is 0 Å². The summed E-state index contributed by atoms with van der Waals surface area (Å²) in [6, 6.07) is 0. The average molecular weight is 252 g/mol. The Hall–Kier alpha value is -1.32. The van der Waals surface area contributed by atoms with Crippen LogP contribution in [0.25, 0.3) is 0 Å². The van der Waals surface area contributed by atoms with Crippen LogP contribution in [0.3, 0.4) is 0 Å². The minimum Gasteiger partial charge on any atom is -0.459 e. The van der Waals surface area contributed by atoms with Gasteiger partial charge in [0.15, 0.2) is 0 Å². The molecule has 0 radical (unpaired) electrons. The summed E-state index contributed by atoms with van der Waals surface area (Å²) in [4.78, 5) is 22.8. The summed E-state index contributed by atoms with van der Waals surface area (Å²) in [5, 5.41) is 0. The van der Waals surface area contributed by atoms with Gasteiger partial charge in [-0.15, -0.1) is 0 Å². The summed E-state index contributed by atoms with van der Waals surface area (Å²) in [7, 11) is 0. The first-order valence-corrected chi connectivity index (χ1v) is 6.83. The Balaban J connectivity index is 1.68. The topological polar surface area (TPSA) is 52.6 Å². The highest BCUT2D eigenvalue weighted by Gasteiger charge is 2.19. The monoisotopic (exact) mass is 252 g/mol. The third-order valence-electron chi connectivity index (χ3n) is 3.53. The fraction of sp³-hybridized carbons (Fsp3) is 0.714. The smallest absolute Gasteiger partial charge is 0.331 e. The number of carbonyl (C=O) groups excluding carboxylic acids is 2. The van der Waals surface area contributed by atoms with Gasteiger partial charge in [0, 0.05) is 12.2 Å². The van der Waals surface area contributed by atoms with Crippen LogP contribution < -0.4 is 0 Å². The van der Waals surface area contributed by atoms with Crippen molar-refractivity contribution in [2.45, 2.75) is 63.6 Å². The van der Waals surface area contributed by atoms with Crippen molar-refractivity contribution in [3.05, 3.63) is 12.2 Å². The highest BCUT2D eigenvalue weighted by atomic mass is 16.5. The lowest BCUT2D eigenvalue weighted by atomic mass is 10.3. The highest BCUT2D eigenvalue weighted by Crippen LogP contribution is 2.22. The molecule has 0 N–H and O–H groups in total. The minimum absolute atomic E-state index is 0.0352. The zero-order chi connectivity index (χ0) is 12.8. The first-order chi connectivity index (χ1) is 8.74.